The lowest BCUT2D eigenvalue weighted by molar-refractivity contribution is -0.189. The highest BCUT2D eigenvalue weighted by molar-refractivity contribution is 5.77. The number of aliphatic carboxylic acids is 1. The Labute approximate surface area is 88.0 Å². The van der Waals surface area contributed by atoms with E-state index < -0.39 is 17.0 Å². The van der Waals surface area contributed by atoms with E-state index >= 15 is 0 Å². The number of carboxylic acids is 1. The van der Waals surface area contributed by atoms with Gasteiger partial charge in [0.25, 0.3) is 0 Å². The van der Waals surface area contributed by atoms with Crippen molar-refractivity contribution in [2.75, 3.05) is 26.4 Å². The Morgan fingerprint density at radius 3 is 2.33 bits per heavy atom. The summed E-state index contributed by atoms with van der Waals surface area (Å²) < 4.78 is 10.3. The molecule has 2 fully saturated rings. The van der Waals surface area contributed by atoms with Crippen LogP contribution >= 0.6 is 0 Å². The minimum atomic E-state index is -1.26. The molecule has 2 rings (SSSR count). The minimum absolute atomic E-state index is 0.0855. The fraction of sp³-hybridized carbons (Fsp3) is 0.900. The molecule has 0 aromatic rings. The van der Waals surface area contributed by atoms with Crippen molar-refractivity contribution in [1.82, 2.24) is 0 Å². The van der Waals surface area contributed by atoms with Gasteiger partial charge in [0.05, 0.1) is 13.2 Å². The number of carbonyl (C=O) groups is 1. The van der Waals surface area contributed by atoms with Crippen LogP contribution in [0.3, 0.4) is 0 Å². The maximum absolute atomic E-state index is 11.4. The zero-order chi connectivity index (χ0) is 10.9. The SMILES string of the molecule is O=C(O)C1(C2(O)CCOC2)CCCOC1. The van der Waals surface area contributed by atoms with E-state index in [0.29, 0.717) is 32.5 Å². The Morgan fingerprint density at radius 2 is 1.87 bits per heavy atom. The lowest BCUT2D eigenvalue weighted by Gasteiger charge is -2.43. The average Bonchev–Trinajstić information content (AvgIpc) is 2.67. The van der Waals surface area contributed by atoms with Gasteiger partial charge in [0.15, 0.2) is 0 Å². The maximum atomic E-state index is 11.4. The zero-order valence-corrected chi connectivity index (χ0v) is 8.57. The number of ether oxygens (including phenoxy) is 2. The predicted octanol–water partition coefficient (Wildman–Crippen LogP) is 0.0192. The second-order valence-electron chi connectivity index (χ2n) is 4.38. The van der Waals surface area contributed by atoms with Crippen molar-refractivity contribution in [3.63, 3.8) is 0 Å². The molecule has 0 aliphatic carbocycles. The van der Waals surface area contributed by atoms with Crippen LogP contribution in [0.25, 0.3) is 0 Å². The van der Waals surface area contributed by atoms with Crippen molar-refractivity contribution in [2.45, 2.75) is 24.9 Å². The first-order valence-electron chi connectivity index (χ1n) is 5.22. The maximum Gasteiger partial charge on any atom is 0.315 e. The van der Waals surface area contributed by atoms with E-state index in [-0.39, 0.29) is 13.2 Å². The molecule has 2 heterocycles. The Hall–Kier alpha value is -0.650. The van der Waals surface area contributed by atoms with Crippen molar-refractivity contribution in [1.29, 1.82) is 0 Å². The molecule has 2 unspecified atom stereocenters. The normalized spacial score (nSPS) is 41.7. The predicted molar refractivity (Wildman–Crippen MR) is 50.5 cm³/mol. The number of carboxylic acid groups (broad SMARTS) is 1. The Bertz CT molecular complexity index is 251. The topological polar surface area (TPSA) is 76.0 Å². The van der Waals surface area contributed by atoms with E-state index in [1.165, 1.54) is 0 Å². The highest BCUT2D eigenvalue weighted by atomic mass is 16.5. The summed E-state index contributed by atoms with van der Waals surface area (Å²) >= 11 is 0. The first-order chi connectivity index (χ1) is 7.11. The molecule has 2 N–H and O–H groups in total. The molecule has 2 saturated heterocycles. The highest BCUT2D eigenvalue weighted by Gasteiger charge is 2.58. The van der Waals surface area contributed by atoms with Crippen LogP contribution in [-0.4, -0.2) is 48.2 Å². The standard InChI is InChI=1S/C10H16O5/c11-8(12)9(2-1-4-14-6-9)10(13)3-5-15-7-10/h13H,1-7H2,(H,11,12). The first-order valence-corrected chi connectivity index (χ1v) is 5.22. The summed E-state index contributed by atoms with van der Waals surface area (Å²) in [5.74, 6) is -0.977. The van der Waals surface area contributed by atoms with Gasteiger partial charge in [0.2, 0.25) is 0 Å². The van der Waals surface area contributed by atoms with Gasteiger partial charge in [0.1, 0.15) is 11.0 Å². The molecular weight excluding hydrogens is 200 g/mol. The summed E-state index contributed by atoms with van der Waals surface area (Å²) in [6.07, 6.45) is 1.51. The van der Waals surface area contributed by atoms with Crippen LogP contribution in [0.4, 0.5) is 0 Å². The second kappa shape index (κ2) is 3.73. The van der Waals surface area contributed by atoms with E-state index in [2.05, 4.69) is 0 Å². The summed E-state index contributed by atoms with van der Waals surface area (Å²) in [5, 5.41) is 19.7. The molecule has 0 bridgehead atoms. The van der Waals surface area contributed by atoms with Gasteiger partial charge in [-0.3, -0.25) is 4.79 Å². The van der Waals surface area contributed by atoms with Crippen molar-refractivity contribution in [3.05, 3.63) is 0 Å². The molecule has 0 spiro atoms. The highest BCUT2D eigenvalue weighted by Crippen LogP contribution is 2.44. The largest absolute Gasteiger partial charge is 0.481 e. The monoisotopic (exact) mass is 216 g/mol. The van der Waals surface area contributed by atoms with Crippen LogP contribution in [0.1, 0.15) is 19.3 Å². The number of hydrogen-bond donors (Lipinski definition) is 2. The molecular formula is C10H16O5. The molecule has 0 aromatic heterocycles. The van der Waals surface area contributed by atoms with Crippen molar-refractivity contribution in [2.24, 2.45) is 5.41 Å². The third-order valence-electron chi connectivity index (χ3n) is 3.54. The van der Waals surface area contributed by atoms with Gasteiger partial charge in [-0.25, -0.2) is 0 Å². The van der Waals surface area contributed by atoms with Crippen LogP contribution in [0.2, 0.25) is 0 Å². The Morgan fingerprint density at radius 1 is 1.13 bits per heavy atom. The summed E-state index contributed by atoms with van der Waals surface area (Å²) in [5.41, 5.74) is -2.44. The summed E-state index contributed by atoms with van der Waals surface area (Å²) in [6, 6.07) is 0. The van der Waals surface area contributed by atoms with E-state index in [1.54, 1.807) is 0 Å². The van der Waals surface area contributed by atoms with Gasteiger partial charge in [-0.1, -0.05) is 0 Å². The third kappa shape index (κ3) is 1.55. The van der Waals surface area contributed by atoms with Crippen molar-refractivity contribution >= 4 is 5.97 Å². The van der Waals surface area contributed by atoms with Gasteiger partial charge >= 0.3 is 5.97 Å². The fourth-order valence-corrected chi connectivity index (χ4v) is 2.46. The Balaban J connectivity index is 2.28. The van der Waals surface area contributed by atoms with E-state index in [1.807, 2.05) is 0 Å². The van der Waals surface area contributed by atoms with Gasteiger partial charge in [-0.05, 0) is 12.8 Å². The van der Waals surface area contributed by atoms with E-state index in [9.17, 15) is 15.0 Å². The first kappa shape index (κ1) is 10.9. The average molecular weight is 216 g/mol. The molecule has 15 heavy (non-hydrogen) atoms. The van der Waals surface area contributed by atoms with Gasteiger partial charge in [-0.2, -0.15) is 0 Å². The van der Waals surface area contributed by atoms with Gasteiger partial charge in [0, 0.05) is 19.6 Å². The van der Waals surface area contributed by atoms with Gasteiger partial charge in [-0.15, -0.1) is 0 Å². The molecule has 5 heteroatoms. The van der Waals surface area contributed by atoms with Gasteiger partial charge < -0.3 is 19.7 Å². The lowest BCUT2D eigenvalue weighted by atomic mass is 9.68. The summed E-state index contributed by atoms with van der Waals surface area (Å²) in [7, 11) is 0. The molecule has 2 aliphatic heterocycles. The molecule has 5 nitrogen and oxygen atoms in total. The summed E-state index contributed by atoms with van der Waals surface area (Å²) in [6.45, 7) is 1.18. The number of aliphatic hydroxyl groups is 1. The molecule has 0 aromatic carbocycles. The second-order valence-corrected chi connectivity index (χ2v) is 4.38. The van der Waals surface area contributed by atoms with Crippen LogP contribution in [0.5, 0.6) is 0 Å². The quantitative estimate of drug-likeness (QED) is 0.680. The van der Waals surface area contributed by atoms with Crippen LogP contribution in [-0.2, 0) is 14.3 Å². The molecule has 2 aliphatic rings. The zero-order valence-electron chi connectivity index (χ0n) is 8.57. The third-order valence-corrected chi connectivity index (χ3v) is 3.54. The smallest absolute Gasteiger partial charge is 0.315 e. The number of hydrogen-bond acceptors (Lipinski definition) is 4. The molecule has 86 valence electrons. The molecule has 0 amide bonds. The van der Waals surface area contributed by atoms with Crippen molar-refractivity contribution in [3.8, 4) is 0 Å². The molecule has 2 atom stereocenters. The van der Waals surface area contributed by atoms with E-state index in [4.69, 9.17) is 9.47 Å². The minimum Gasteiger partial charge on any atom is -0.481 e. The lowest BCUT2D eigenvalue weighted by Crippen LogP contribution is -2.58. The molecule has 0 saturated carbocycles. The molecule has 0 radical (unpaired) electrons. The number of rotatable bonds is 2. The van der Waals surface area contributed by atoms with Crippen LogP contribution < -0.4 is 0 Å². The fourth-order valence-electron chi connectivity index (χ4n) is 2.46. The van der Waals surface area contributed by atoms with Crippen molar-refractivity contribution < 1.29 is 24.5 Å². The van der Waals surface area contributed by atoms with Crippen LogP contribution in [0.15, 0.2) is 0 Å². The Kier molecular flexibility index (Phi) is 2.70. The van der Waals surface area contributed by atoms with Crippen LogP contribution in [0, 0.1) is 5.41 Å². The summed E-state index contributed by atoms with van der Waals surface area (Å²) in [4.78, 5) is 11.4. The van der Waals surface area contributed by atoms with E-state index in [0.717, 1.165) is 0 Å².